The van der Waals surface area contributed by atoms with Gasteiger partial charge in [0.2, 0.25) is 10.0 Å². The van der Waals surface area contributed by atoms with Crippen LogP contribution in [-0.2, 0) is 16.4 Å². The van der Waals surface area contributed by atoms with Gasteiger partial charge in [-0.3, -0.25) is 4.79 Å². The van der Waals surface area contributed by atoms with Gasteiger partial charge >= 0.3 is 0 Å². The maximum absolute atomic E-state index is 13.0. The van der Waals surface area contributed by atoms with E-state index in [1.54, 1.807) is 0 Å². The molecule has 162 valence electrons. The maximum Gasteiger partial charge on any atom is 0.252 e. The molecule has 1 aliphatic heterocycles. The number of carbonyl (C=O) groups is 1. The Bertz CT molecular complexity index is 999. The van der Waals surface area contributed by atoms with Gasteiger partial charge in [-0.05, 0) is 62.3 Å². The number of rotatable bonds is 7. The Labute approximate surface area is 184 Å². The lowest BCUT2D eigenvalue weighted by atomic mass is 10.0. The highest BCUT2D eigenvalue weighted by molar-refractivity contribution is 7.89. The molecule has 2 aromatic carbocycles. The van der Waals surface area contributed by atoms with Crippen molar-refractivity contribution in [3.8, 4) is 0 Å². The van der Waals surface area contributed by atoms with Crippen LogP contribution in [-0.4, -0.2) is 38.3 Å². The fraction of sp³-hybridized carbons (Fsp3) is 0.435. The van der Waals surface area contributed by atoms with Gasteiger partial charge < -0.3 is 5.32 Å². The molecule has 3 rings (SSSR count). The number of hydrogen-bond donors (Lipinski definition) is 1. The van der Waals surface area contributed by atoms with Gasteiger partial charge in [-0.1, -0.05) is 48.4 Å². The molecule has 0 aromatic heterocycles. The van der Waals surface area contributed by atoms with E-state index in [0.29, 0.717) is 25.6 Å². The standard InChI is InChI=1S/C23H29ClN2O3S/c1-17-10-13-26(14-11-17)30(28,29)20-8-9-22(24)21(16-20)23(27)25-12-4-7-19-6-3-5-18(2)15-19/h3,5-6,8-9,15-17H,4,7,10-14H2,1-2H3,(H,25,27). The molecule has 1 aliphatic rings. The van der Waals surface area contributed by atoms with Crippen molar-refractivity contribution in [3.63, 3.8) is 0 Å². The van der Waals surface area contributed by atoms with E-state index in [1.807, 2.05) is 6.07 Å². The third kappa shape index (κ3) is 5.62. The summed E-state index contributed by atoms with van der Waals surface area (Å²) in [7, 11) is -3.63. The van der Waals surface area contributed by atoms with Crippen LogP contribution in [0.4, 0.5) is 0 Å². The SMILES string of the molecule is Cc1cccc(CCCNC(=O)c2cc(S(=O)(=O)N3CCC(C)CC3)ccc2Cl)c1. The van der Waals surface area contributed by atoms with E-state index in [0.717, 1.165) is 25.7 Å². The molecule has 5 nitrogen and oxygen atoms in total. The van der Waals surface area contributed by atoms with E-state index in [2.05, 4.69) is 37.4 Å². The van der Waals surface area contributed by atoms with Gasteiger partial charge in [0.25, 0.3) is 5.91 Å². The highest BCUT2D eigenvalue weighted by atomic mass is 35.5. The molecule has 0 unspecified atom stereocenters. The van der Waals surface area contributed by atoms with Gasteiger partial charge in [0.15, 0.2) is 0 Å². The summed E-state index contributed by atoms with van der Waals surface area (Å²) in [5, 5.41) is 3.10. The van der Waals surface area contributed by atoms with Gasteiger partial charge in [0.1, 0.15) is 0 Å². The largest absolute Gasteiger partial charge is 0.352 e. The van der Waals surface area contributed by atoms with Crippen LogP contribution in [0.2, 0.25) is 5.02 Å². The van der Waals surface area contributed by atoms with Crippen LogP contribution in [0.5, 0.6) is 0 Å². The summed E-state index contributed by atoms with van der Waals surface area (Å²) in [5.41, 5.74) is 2.63. The summed E-state index contributed by atoms with van der Waals surface area (Å²) in [6, 6.07) is 12.6. The van der Waals surface area contributed by atoms with Crippen molar-refractivity contribution in [1.82, 2.24) is 9.62 Å². The first-order valence-electron chi connectivity index (χ1n) is 10.4. The van der Waals surface area contributed by atoms with Crippen molar-refractivity contribution >= 4 is 27.5 Å². The second kappa shape index (κ2) is 9.94. The molecule has 0 bridgehead atoms. The number of nitrogens with one attached hydrogen (secondary N) is 1. The second-order valence-electron chi connectivity index (χ2n) is 8.08. The number of carbonyl (C=O) groups excluding carboxylic acids is 1. The number of piperidine rings is 1. The van der Waals surface area contributed by atoms with E-state index in [9.17, 15) is 13.2 Å². The molecule has 0 radical (unpaired) electrons. The number of nitrogens with zero attached hydrogens (tertiary/aromatic N) is 1. The lowest BCUT2D eigenvalue weighted by Gasteiger charge is -2.29. The first-order chi connectivity index (χ1) is 14.3. The quantitative estimate of drug-likeness (QED) is 0.637. The van der Waals surface area contributed by atoms with Gasteiger partial charge in [0.05, 0.1) is 15.5 Å². The highest BCUT2D eigenvalue weighted by Crippen LogP contribution is 2.26. The summed E-state index contributed by atoms with van der Waals surface area (Å²) in [5.74, 6) is 0.177. The Balaban J connectivity index is 1.63. The third-order valence-corrected chi connectivity index (χ3v) is 7.80. The smallest absolute Gasteiger partial charge is 0.252 e. The molecule has 0 spiro atoms. The molecule has 7 heteroatoms. The molecular formula is C23H29ClN2O3S. The molecule has 0 saturated carbocycles. The molecule has 1 N–H and O–H groups in total. The van der Waals surface area contributed by atoms with Crippen LogP contribution in [0.3, 0.4) is 0 Å². The van der Waals surface area contributed by atoms with Crippen molar-refractivity contribution in [2.24, 2.45) is 5.92 Å². The first-order valence-corrected chi connectivity index (χ1v) is 12.2. The summed E-state index contributed by atoms with van der Waals surface area (Å²) in [6.07, 6.45) is 3.34. The Morgan fingerprint density at radius 3 is 2.60 bits per heavy atom. The number of benzene rings is 2. The Morgan fingerprint density at radius 1 is 1.17 bits per heavy atom. The Hall–Kier alpha value is -1.89. The minimum atomic E-state index is -3.63. The minimum Gasteiger partial charge on any atom is -0.352 e. The fourth-order valence-corrected chi connectivity index (χ4v) is 5.37. The van der Waals surface area contributed by atoms with E-state index in [4.69, 9.17) is 11.6 Å². The summed E-state index contributed by atoms with van der Waals surface area (Å²) in [6.45, 7) is 5.69. The Kier molecular flexibility index (Phi) is 7.55. The maximum atomic E-state index is 13.0. The lowest BCUT2D eigenvalue weighted by Crippen LogP contribution is -2.38. The predicted molar refractivity (Wildman–Crippen MR) is 120 cm³/mol. The number of halogens is 1. The van der Waals surface area contributed by atoms with Crippen molar-refractivity contribution < 1.29 is 13.2 Å². The molecule has 1 heterocycles. The number of aryl methyl sites for hydroxylation is 2. The molecule has 0 atom stereocenters. The molecule has 1 amide bonds. The summed E-state index contributed by atoms with van der Waals surface area (Å²) >= 11 is 6.20. The van der Waals surface area contributed by atoms with Crippen LogP contribution >= 0.6 is 11.6 Å². The van der Waals surface area contributed by atoms with Crippen LogP contribution in [0, 0.1) is 12.8 Å². The fourth-order valence-electron chi connectivity index (χ4n) is 3.67. The Morgan fingerprint density at radius 2 is 1.90 bits per heavy atom. The van der Waals surface area contributed by atoms with Crippen LogP contribution in [0.25, 0.3) is 0 Å². The zero-order valence-electron chi connectivity index (χ0n) is 17.5. The van der Waals surface area contributed by atoms with E-state index in [-0.39, 0.29) is 21.4 Å². The molecule has 2 aromatic rings. The average molecular weight is 449 g/mol. The van der Waals surface area contributed by atoms with E-state index in [1.165, 1.54) is 33.6 Å². The van der Waals surface area contributed by atoms with Crippen LogP contribution < -0.4 is 5.32 Å². The van der Waals surface area contributed by atoms with Gasteiger partial charge in [-0.15, -0.1) is 0 Å². The van der Waals surface area contributed by atoms with Crippen molar-refractivity contribution in [2.75, 3.05) is 19.6 Å². The van der Waals surface area contributed by atoms with Gasteiger partial charge in [-0.2, -0.15) is 4.31 Å². The molecular weight excluding hydrogens is 420 g/mol. The molecule has 1 saturated heterocycles. The molecule has 1 fully saturated rings. The van der Waals surface area contributed by atoms with Gasteiger partial charge in [-0.25, -0.2) is 8.42 Å². The zero-order valence-corrected chi connectivity index (χ0v) is 19.1. The monoisotopic (exact) mass is 448 g/mol. The van der Waals surface area contributed by atoms with Crippen LogP contribution in [0.15, 0.2) is 47.4 Å². The lowest BCUT2D eigenvalue weighted by molar-refractivity contribution is 0.0953. The third-order valence-electron chi connectivity index (χ3n) is 5.57. The minimum absolute atomic E-state index is 0.117. The summed E-state index contributed by atoms with van der Waals surface area (Å²) < 4.78 is 27.5. The summed E-state index contributed by atoms with van der Waals surface area (Å²) in [4.78, 5) is 12.7. The van der Waals surface area contributed by atoms with Crippen LogP contribution in [0.1, 0.15) is 47.7 Å². The predicted octanol–water partition coefficient (Wildman–Crippen LogP) is 4.43. The number of amides is 1. The van der Waals surface area contributed by atoms with Crippen molar-refractivity contribution in [1.29, 1.82) is 0 Å². The first kappa shape index (κ1) is 22.8. The van der Waals surface area contributed by atoms with Crippen molar-refractivity contribution in [2.45, 2.75) is 44.4 Å². The normalized spacial score (nSPS) is 15.8. The van der Waals surface area contributed by atoms with Crippen molar-refractivity contribution in [3.05, 3.63) is 64.2 Å². The number of sulfonamides is 1. The number of hydrogen-bond acceptors (Lipinski definition) is 3. The zero-order chi connectivity index (χ0) is 21.7. The van der Waals surface area contributed by atoms with E-state index >= 15 is 0 Å². The average Bonchev–Trinajstić information content (AvgIpc) is 2.71. The topological polar surface area (TPSA) is 66.5 Å². The van der Waals surface area contributed by atoms with E-state index < -0.39 is 10.0 Å². The molecule has 0 aliphatic carbocycles. The van der Waals surface area contributed by atoms with Gasteiger partial charge in [0, 0.05) is 19.6 Å². The second-order valence-corrected chi connectivity index (χ2v) is 10.4. The molecule has 30 heavy (non-hydrogen) atoms. The highest BCUT2D eigenvalue weighted by Gasteiger charge is 2.29.